The Kier molecular flexibility index (Phi) is 7.02. The van der Waals surface area contributed by atoms with E-state index in [1.165, 1.54) is 6.07 Å². The lowest BCUT2D eigenvalue weighted by atomic mass is 9.95. The zero-order chi connectivity index (χ0) is 25.1. The molecule has 1 saturated heterocycles. The zero-order valence-electron chi connectivity index (χ0n) is 21.0. The molecule has 2 aliphatic rings. The summed E-state index contributed by atoms with van der Waals surface area (Å²) in [6.45, 7) is 5.83. The maximum absolute atomic E-state index is 14.3. The van der Waals surface area contributed by atoms with Gasteiger partial charge in [0.25, 0.3) is 0 Å². The molecule has 0 aliphatic carbocycles. The van der Waals surface area contributed by atoms with Crippen LogP contribution in [0.5, 0.6) is 11.5 Å². The smallest absolute Gasteiger partial charge is 0.175 e. The van der Waals surface area contributed by atoms with Crippen LogP contribution < -0.4 is 19.4 Å². The molecule has 8 heteroatoms. The fourth-order valence-corrected chi connectivity index (χ4v) is 5.08. The van der Waals surface area contributed by atoms with Gasteiger partial charge in [-0.2, -0.15) is 5.10 Å². The highest BCUT2D eigenvalue weighted by Crippen LogP contribution is 2.33. The standard InChI is InChI=1S/C28H32FN5O2/c1-4-25-19(2)27(28-30-14-5-15-31-28)32-34(25)20-6-8-21(9-7-20)36-22-12-16-33(17-13-22)26-18-23(35-3)10-11-24(26)29/h5-11,14-15,18-19,22,25H,4,12-13,16-17H2,1-3H3. The van der Waals surface area contributed by atoms with Crippen LogP contribution in [0.4, 0.5) is 15.8 Å². The van der Waals surface area contributed by atoms with Gasteiger partial charge in [0.15, 0.2) is 5.82 Å². The van der Waals surface area contributed by atoms with Crippen molar-refractivity contribution < 1.29 is 13.9 Å². The first-order valence-electron chi connectivity index (χ1n) is 12.6. The number of hydrazone groups is 1. The molecule has 0 N–H and O–H groups in total. The molecule has 1 aromatic heterocycles. The third-order valence-electron chi connectivity index (χ3n) is 7.09. The Labute approximate surface area is 211 Å². The molecule has 0 saturated carbocycles. The predicted molar refractivity (Wildman–Crippen MR) is 140 cm³/mol. The van der Waals surface area contributed by atoms with Crippen LogP contribution in [0.25, 0.3) is 0 Å². The van der Waals surface area contributed by atoms with E-state index in [9.17, 15) is 4.39 Å². The molecule has 0 radical (unpaired) electrons. The van der Waals surface area contributed by atoms with Gasteiger partial charge in [-0.3, -0.25) is 5.01 Å². The minimum atomic E-state index is -0.225. The SMILES string of the molecule is CCC1C(C)C(c2ncccn2)=NN1c1ccc(OC2CCN(c3cc(OC)ccc3F)CC2)cc1. The molecule has 2 aliphatic heterocycles. The van der Waals surface area contributed by atoms with E-state index in [0.717, 1.165) is 49.5 Å². The number of piperidine rings is 1. The second-order valence-electron chi connectivity index (χ2n) is 9.28. The number of anilines is 2. The Morgan fingerprint density at radius 2 is 1.69 bits per heavy atom. The topological polar surface area (TPSA) is 63.1 Å². The molecular weight excluding hydrogens is 457 g/mol. The lowest BCUT2D eigenvalue weighted by Crippen LogP contribution is -2.38. The van der Waals surface area contributed by atoms with Crippen LogP contribution in [0.2, 0.25) is 0 Å². The molecule has 36 heavy (non-hydrogen) atoms. The van der Waals surface area contributed by atoms with E-state index in [2.05, 4.69) is 45.9 Å². The molecule has 0 spiro atoms. The number of methoxy groups -OCH3 is 1. The third kappa shape index (κ3) is 4.85. The van der Waals surface area contributed by atoms with Gasteiger partial charge in [-0.05, 0) is 48.9 Å². The summed E-state index contributed by atoms with van der Waals surface area (Å²) in [5, 5.41) is 6.99. The van der Waals surface area contributed by atoms with Crippen LogP contribution in [0.15, 0.2) is 66.0 Å². The van der Waals surface area contributed by atoms with Crippen LogP contribution >= 0.6 is 0 Å². The van der Waals surface area contributed by atoms with Crippen molar-refractivity contribution in [3.05, 3.63) is 72.6 Å². The van der Waals surface area contributed by atoms with Crippen LogP contribution in [0.3, 0.4) is 0 Å². The van der Waals surface area contributed by atoms with Gasteiger partial charge >= 0.3 is 0 Å². The van der Waals surface area contributed by atoms with Gasteiger partial charge in [0, 0.05) is 50.3 Å². The first kappa shape index (κ1) is 24.0. The number of aromatic nitrogens is 2. The first-order chi connectivity index (χ1) is 17.6. The molecule has 0 bridgehead atoms. The Morgan fingerprint density at radius 1 is 1.00 bits per heavy atom. The van der Waals surface area contributed by atoms with Crippen LogP contribution in [-0.4, -0.2) is 48.0 Å². The van der Waals surface area contributed by atoms with Gasteiger partial charge in [0.05, 0.1) is 24.5 Å². The lowest BCUT2D eigenvalue weighted by molar-refractivity contribution is 0.170. The summed E-state index contributed by atoms with van der Waals surface area (Å²) in [6.07, 6.45) is 6.22. The number of benzene rings is 2. The monoisotopic (exact) mass is 489 g/mol. The molecule has 1 fully saturated rings. The molecule has 0 amide bonds. The van der Waals surface area contributed by atoms with E-state index in [-0.39, 0.29) is 23.9 Å². The summed E-state index contributed by atoms with van der Waals surface area (Å²) in [6, 6.07) is 15.1. The minimum Gasteiger partial charge on any atom is -0.497 e. The number of nitrogens with zero attached hydrogens (tertiary/aromatic N) is 5. The Bertz CT molecular complexity index is 1200. The molecule has 2 unspecified atom stereocenters. The van der Waals surface area contributed by atoms with Crippen LogP contribution in [0.1, 0.15) is 38.9 Å². The van der Waals surface area contributed by atoms with Gasteiger partial charge in [0.2, 0.25) is 0 Å². The third-order valence-corrected chi connectivity index (χ3v) is 7.09. The molecule has 2 aromatic carbocycles. The number of ether oxygens (including phenoxy) is 2. The predicted octanol–water partition coefficient (Wildman–Crippen LogP) is 5.31. The van der Waals surface area contributed by atoms with Crippen molar-refractivity contribution in [3.63, 3.8) is 0 Å². The molecule has 188 valence electrons. The first-order valence-corrected chi connectivity index (χ1v) is 12.6. The van der Waals surface area contributed by atoms with Gasteiger partial charge in [0.1, 0.15) is 29.1 Å². The van der Waals surface area contributed by atoms with Crippen molar-refractivity contribution >= 4 is 17.1 Å². The van der Waals surface area contributed by atoms with E-state index < -0.39 is 0 Å². The normalized spacial score (nSPS) is 20.4. The van der Waals surface area contributed by atoms with Gasteiger partial charge in [-0.25, -0.2) is 14.4 Å². The van der Waals surface area contributed by atoms with E-state index in [1.54, 1.807) is 31.6 Å². The van der Waals surface area contributed by atoms with Crippen LogP contribution in [-0.2, 0) is 0 Å². The summed E-state index contributed by atoms with van der Waals surface area (Å²) in [4.78, 5) is 10.9. The zero-order valence-corrected chi connectivity index (χ0v) is 21.0. The second kappa shape index (κ2) is 10.5. The highest BCUT2D eigenvalue weighted by Gasteiger charge is 2.35. The van der Waals surface area contributed by atoms with Gasteiger partial charge < -0.3 is 14.4 Å². The average molecular weight is 490 g/mol. The highest BCUT2D eigenvalue weighted by molar-refractivity contribution is 6.01. The quantitative estimate of drug-likeness (QED) is 0.448. The van der Waals surface area contributed by atoms with Crippen molar-refractivity contribution in [2.24, 2.45) is 11.0 Å². The summed E-state index contributed by atoms with van der Waals surface area (Å²) in [5.41, 5.74) is 2.53. The Balaban J connectivity index is 1.23. The maximum Gasteiger partial charge on any atom is 0.175 e. The summed E-state index contributed by atoms with van der Waals surface area (Å²) >= 11 is 0. The minimum absolute atomic E-state index is 0.0934. The van der Waals surface area contributed by atoms with Crippen molar-refractivity contribution in [1.82, 2.24) is 9.97 Å². The molecule has 5 rings (SSSR count). The molecular formula is C28H32FN5O2. The molecule has 7 nitrogen and oxygen atoms in total. The highest BCUT2D eigenvalue weighted by atomic mass is 19.1. The van der Waals surface area contributed by atoms with Crippen molar-refractivity contribution in [2.45, 2.75) is 45.3 Å². The van der Waals surface area contributed by atoms with Crippen molar-refractivity contribution in [3.8, 4) is 11.5 Å². The number of hydrogen-bond donors (Lipinski definition) is 0. The van der Waals surface area contributed by atoms with E-state index in [4.69, 9.17) is 14.6 Å². The number of hydrogen-bond acceptors (Lipinski definition) is 7. The molecule has 3 aromatic rings. The summed E-state index contributed by atoms with van der Waals surface area (Å²) < 4.78 is 25.9. The Morgan fingerprint density at radius 3 is 2.36 bits per heavy atom. The average Bonchev–Trinajstić information content (AvgIpc) is 3.26. The second-order valence-corrected chi connectivity index (χ2v) is 9.28. The van der Waals surface area contributed by atoms with E-state index in [1.807, 2.05) is 18.2 Å². The fourth-order valence-electron chi connectivity index (χ4n) is 5.08. The fraction of sp³-hybridized carbons (Fsp3) is 0.393. The van der Waals surface area contributed by atoms with E-state index in [0.29, 0.717) is 17.3 Å². The maximum atomic E-state index is 14.3. The van der Waals surface area contributed by atoms with E-state index >= 15 is 0 Å². The van der Waals surface area contributed by atoms with Gasteiger partial charge in [-0.1, -0.05) is 13.8 Å². The van der Waals surface area contributed by atoms with Crippen molar-refractivity contribution in [2.75, 3.05) is 30.1 Å². The summed E-state index contributed by atoms with van der Waals surface area (Å²) in [7, 11) is 1.60. The molecule has 2 atom stereocenters. The number of rotatable bonds is 7. The van der Waals surface area contributed by atoms with Crippen molar-refractivity contribution in [1.29, 1.82) is 0 Å². The number of halogens is 1. The van der Waals surface area contributed by atoms with Gasteiger partial charge in [-0.15, -0.1) is 0 Å². The molecule has 3 heterocycles. The lowest BCUT2D eigenvalue weighted by Gasteiger charge is -2.34. The summed E-state index contributed by atoms with van der Waals surface area (Å²) in [5.74, 6) is 2.19. The largest absolute Gasteiger partial charge is 0.497 e. The van der Waals surface area contributed by atoms with Crippen LogP contribution in [0, 0.1) is 11.7 Å². The Hall–Kier alpha value is -3.68.